The normalized spacial score (nSPS) is 12.3. The Balaban J connectivity index is 2.04. The van der Waals surface area contributed by atoms with Crippen LogP contribution in [0.2, 0.25) is 0 Å². The molecule has 0 saturated carbocycles. The molecule has 2 nitrogen and oxygen atoms in total. The van der Waals surface area contributed by atoms with E-state index in [-0.39, 0.29) is 11.8 Å². The highest BCUT2D eigenvalue weighted by molar-refractivity contribution is 9.10. The van der Waals surface area contributed by atoms with Crippen molar-refractivity contribution in [2.75, 3.05) is 11.4 Å². The maximum absolute atomic E-state index is 11.9. The van der Waals surface area contributed by atoms with Crippen molar-refractivity contribution >= 4 is 33.6 Å². The zero-order valence-electron chi connectivity index (χ0n) is 12.9. The molecule has 2 rings (SSSR count). The Morgan fingerprint density at radius 3 is 2.36 bits per heavy atom. The van der Waals surface area contributed by atoms with Gasteiger partial charge in [-0.3, -0.25) is 4.79 Å². The second kappa shape index (κ2) is 7.95. The fourth-order valence-corrected chi connectivity index (χ4v) is 2.49. The number of carbonyl (C=O) groups excluding carboxylic acids is 1. The number of carbonyl (C=O) groups is 1. The van der Waals surface area contributed by atoms with Crippen LogP contribution in [0.4, 0.5) is 5.69 Å². The molecule has 0 heterocycles. The van der Waals surface area contributed by atoms with Gasteiger partial charge in [-0.05, 0) is 35.7 Å². The quantitative estimate of drug-likeness (QED) is 0.724. The van der Waals surface area contributed by atoms with E-state index in [2.05, 4.69) is 47.1 Å². The first-order valence-corrected chi connectivity index (χ1v) is 8.12. The molecule has 0 aliphatic rings. The molecule has 0 aliphatic heterocycles. The number of para-hydroxylation sites is 1. The highest BCUT2D eigenvalue weighted by atomic mass is 79.9. The average molecular weight is 358 g/mol. The molecule has 0 spiro atoms. The number of hydrogen-bond acceptors (Lipinski definition) is 1. The zero-order valence-corrected chi connectivity index (χ0v) is 14.5. The van der Waals surface area contributed by atoms with E-state index in [4.69, 9.17) is 0 Å². The van der Waals surface area contributed by atoms with Crippen LogP contribution in [-0.2, 0) is 4.79 Å². The summed E-state index contributed by atoms with van der Waals surface area (Å²) in [6.07, 6.45) is 4.24. The van der Waals surface area contributed by atoms with Crippen molar-refractivity contribution in [2.45, 2.75) is 13.8 Å². The Morgan fingerprint density at radius 2 is 1.77 bits per heavy atom. The lowest BCUT2D eigenvalue weighted by atomic mass is 10.1. The molecule has 0 N–H and O–H groups in total. The minimum Gasteiger partial charge on any atom is -0.312 e. The molecule has 0 saturated heterocycles. The van der Waals surface area contributed by atoms with E-state index in [9.17, 15) is 4.79 Å². The molecule has 1 amide bonds. The van der Waals surface area contributed by atoms with E-state index in [0.29, 0.717) is 6.54 Å². The van der Waals surface area contributed by atoms with Crippen LogP contribution in [0, 0.1) is 5.92 Å². The molecule has 2 aromatic rings. The Labute approximate surface area is 140 Å². The van der Waals surface area contributed by atoms with Gasteiger partial charge in [0.15, 0.2) is 0 Å². The highest BCUT2D eigenvalue weighted by Gasteiger charge is 2.13. The van der Waals surface area contributed by atoms with Gasteiger partial charge in [0.25, 0.3) is 0 Å². The monoisotopic (exact) mass is 357 g/mol. The summed E-state index contributed by atoms with van der Waals surface area (Å²) in [7, 11) is 0. The van der Waals surface area contributed by atoms with Gasteiger partial charge in [-0.1, -0.05) is 65.3 Å². The fraction of sp³-hybridized carbons (Fsp3) is 0.211. The summed E-state index contributed by atoms with van der Waals surface area (Å²) in [6.45, 7) is 4.40. The molecule has 1 unspecified atom stereocenters. The van der Waals surface area contributed by atoms with Crippen LogP contribution in [0.1, 0.15) is 19.4 Å². The van der Waals surface area contributed by atoms with Crippen molar-refractivity contribution in [1.29, 1.82) is 0 Å². The van der Waals surface area contributed by atoms with E-state index in [0.717, 1.165) is 15.7 Å². The number of halogens is 1. The average Bonchev–Trinajstić information content (AvgIpc) is 2.52. The lowest BCUT2D eigenvalue weighted by Gasteiger charge is -2.23. The Morgan fingerprint density at radius 1 is 1.14 bits per heavy atom. The third-order valence-electron chi connectivity index (χ3n) is 3.41. The van der Waals surface area contributed by atoms with Crippen LogP contribution < -0.4 is 4.90 Å². The molecule has 0 radical (unpaired) electrons. The number of amides is 1. The van der Waals surface area contributed by atoms with Crippen LogP contribution in [0.3, 0.4) is 0 Å². The number of anilines is 1. The summed E-state index contributed by atoms with van der Waals surface area (Å²) in [6, 6.07) is 18.0. The van der Waals surface area contributed by atoms with Crippen molar-refractivity contribution < 1.29 is 4.79 Å². The number of benzene rings is 2. The van der Waals surface area contributed by atoms with Crippen molar-refractivity contribution in [3.8, 4) is 0 Å². The Kier molecular flexibility index (Phi) is 5.96. The summed E-state index contributed by atoms with van der Waals surface area (Å²) in [5, 5.41) is 0. The molecule has 0 bridgehead atoms. The van der Waals surface area contributed by atoms with E-state index in [1.54, 1.807) is 6.92 Å². The molecule has 0 aliphatic carbocycles. The molecule has 114 valence electrons. The summed E-state index contributed by atoms with van der Waals surface area (Å²) >= 11 is 3.43. The van der Waals surface area contributed by atoms with Gasteiger partial charge < -0.3 is 4.90 Å². The molecule has 0 aromatic heterocycles. The standard InChI is InChI=1S/C19H20BrNO/c1-15(8-9-17-10-12-18(20)13-11-17)14-21(16(2)22)19-6-4-3-5-7-19/h3-13,15H,14H2,1-2H3/b9-8+. The smallest absolute Gasteiger partial charge is 0.223 e. The van der Waals surface area contributed by atoms with Crippen LogP contribution in [0.15, 0.2) is 65.1 Å². The third-order valence-corrected chi connectivity index (χ3v) is 3.93. The predicted molar refractivity (Wildman–Crippen MR) is 96.8 cm³/mol. The molecule has 22 heavy (non-hydrogen) atoms. The third kappa shape index (κ3) is 4.85. The Hall–Kier alpha value is -1.87. The number of nitrogens with zero attached hydrogens (tertiary/aromatic N) is 1. The van der Waals surface area contributed by atoms with E-state index < -0.39 is 0 Å². The fourth-order valence-electron chi connectivity index (χ4n) is 2.22. The minimum atomic E-state index is 0.0649. The van der Waals surface area contributed by atoms with Crippen molar-refractivity contribution in [2.24, 2.45) is 5.92 Å². The van der Waals surface area contributed by atoms with Gasteiger partial charge in [-0.2, -0.15) is 0 Å². The van der Waals surface area contributed by atoms with Gasteiger partial charge >= 0.3 is 0 Å². The summed E-state index contributed by atoms with van der Waals surface area (Å²) < 4.78 is 1.07. The van der Waals surface area contributed by atoms with Crippen LogP contribution in [-0.4, -0.2) is 12.5 Å². The maximum atomic E-state index is 11.9. The second-order valence-corrected chi connectivity index (χ2v) is 6.27. The van der Waals surface area contributed by atoms with Crippen LogP contribution in [0.25, 0.3) is 6.08 Å². The molecule has 3 heteroatoms. The van der Waals surface area contributed by atoms with Crippen molar-refractivity contribution in [1.82, 2.24) is 0 Å². The van der Waals surface area contributed by atoms with Crippen molar-refractivity contribution in [3.63, 3.8) is 0 Å². The molecular formula is C19H20BrNO. The first-order valence-electron chi connectivity index (χ1n) is 7.33. The van der Waals surface area contributed by atoms with Gasteiger partial charge in [-0.25, -0.2) is 0 Å². The van der Waals surface area contributed by atoms with Crippen molar-refractivity contribution in [3.05, 3.63) is 70.7 Å². The second-order valence-electron chi connectivity index (χ2n) is 5.35. The van der Waals surface area contributed by atoms with Gasteiger partial charge in [0, 0.05) is 23.6 Å². The summed E-state index contributed by atoms with van der Waals surface area (Å²) in [4.78, 5) is 13.7. The maximum Gasteiger partial charge on any atom is 0.223 e. The van der Waals surface area contributed by atoms with E-state index in [1.165, 1.54) is 0 Å². The largest absolute Gasteiger partial charge is 0.312 e. The summed E-state index contributed by atoms with van der Waals surface area (Å²) in [5.74, 6) is 0.336. The SMILES string of the molecule is CC(=O)N(CC(C)/C=C/c1ccc(Br)cc1)c1ccccc1. The van der Waals surface area contributed by atoms with Crippen LogP contribution >= 0.6 is 15.9 Å². The van der Waals surface area contributed by atoms with E-state index in [1.807, 2.05) is 47.4 Å². The zero-order chi connectivity index (χ0) is 15.9. The lowest BCUT2D eigenvalue weighted by molar-refractivity contribution is -0.116. The Bertz CT molecular complexity index is 634. The minimum absolute atomic E-state index is 0.0649. The molecule has 0 fully saturated rings. The van der Waals surface area contributed by atoms with Gasteiger partial charge in [0.1, 0.15) is 0 Å². The number of hydrogen-bond donors (Lipinski definition) is 0. The highest BCUT2D eigenvalue weighted by Crippen LogP contribution is 2.17. The first kappa shape index (κ1) is 16.5. The van der Waals surface area contributed by atoms with E-state index >= 15 is 0 Å². The molecule has 2 aromatic carbocycles. The van der Waals surface area contributed by atoms with Crippen LogP contribution in [0.5, 0.6) is 0 Å². The van der Waals surface area contributed by atoms with Gasteiger partial charge in [0.2, 0.25) is 5.91 Å². The lowest BCUT2D eigenvalue weighted by Crippen LogP contribution is -2.32. The topological polar surface area (TPSA) is 20.3 Å². The van der Waals surface area contributed by atoms with Gasteiger partial charge in [0.05, 0.1) is 0 Å². The molecule has 1 atom stereocenters. The first-order chi connectivity index (χ1) is 10.6. The van der Waals surface area contributed by atoms with Gasteiger partial charge in [-0.15, -0.1) is 0 Å². The predicted octanol–water partition coefficient (Wildman–Crippen LogP) is 5.15. The number of rotatable bonds is 5. The summed E-state index contributed by atoms with van der Waals surface area (Å²) in [5.41, 5.74) is 2.10. The molecular weight excluding hydrogens is 338 g/mol.